The van der Waals surface area contributed by atoms with Crippen molar-refractivity contribution in [1.29, 1.82) is 0 Å². The van der Waals surface area contributed by atoms with E-state index in [2.05, 4.69) is 19.9 Å². The molecule has 3 aromatic heterocycles. The quantitative estimate of drug-likeness (QED) is 0.537. The third-order valence-corrected chi connectivity index (χ3v) is 5.57. The van der Waals surface area contributed by atoms with E-state index < -0.39 is 0 Å². The molecule has 31 heavy (non-hydrogen) atoms. The maximum atomic E-state index is 13.6. The van der Waals surface area contributed by atoms with Crippen LogP contribution in [0.5, 0.6) is 0 Å². The van der Waals surface area contributed by atoms with Crippen LogP contribution < -0.4 is 10.5 Å². The summed E-state index contributed by atoms with van der Waals surface area (Å²) < 4.78 is 15.0. The Bertz CT molecular complexity index is 1310. The van der Waals surface area contributed by atoms with E-state index in [0.29, 0.717) is 54.1 Å². The Labute approximate surface area is 176 Å². The van der Waals surface area contributed by atoms with Gasteiger partial charge in [0.2, 0.25) is 11.9 Å². The van der Waals surface area contributed by atoms with Gasteiger partial charge in [0.15, 0.2) is 0 Å². The first-order valence-electron chi connectivity index (χ1n) is 10.1. The van der Waals surface area contributed by atoms with Gasteiger partial charge in [0, 0.05) is 62.4 Å². The molecule has 0 aliphatic carbocycles. The molecular formula is C21H20FN7O2. The van der Waals surface area contributed by atoms with E-state index in [1.54, 1.807) is 29.4 Å². The normalized spacial score (nSPS) is 14.5. The molecule has 1 N–H and O–H groups in total. The largest absolute Gasteiger partial charge is 0.349 e. The van der Waals surface area contributed by atoms with Crippen LogP contribution >= 0.6 is 0 Å². The van der Waals surface area contributed by atoms with Crippen molar-refractivity contribution in [1.82, 2.24) is 29.4 Å². The fourth-order valence-electron chi connectivity index (χ4n) is 3.91. The van der Waals surface area contributed by atoms with E-state index in [1.165, 1.54) is 23.0 Å². The van der Waals surface area contributed by atoms with Crippen molar-refractivity contribution in [3.63, 3.8) is 0 Å². The van der Waals surface area contributed by atoms with Crippen LogP contribution in [0.4, 0.5) is 10.3 Å². The minimum Gasteiger partial charge on any atom is -0.349 e. The van der Waals surface area contributed by atoms with Gasteiger partial charge in [-0.1, -0.05) is 0 Å². The molecule has 158 valence electrons. The Morgan fingerprint density at radius 1 is 1.10 bits per heavy atom. The van der Waals surface area contributed by atoms with Crippen molar-refractivity contribution in [3.05, 3.63) is 59.2 Å². The first kappa shape index (κ1) is 19.2. The first-order valence-corrected chi connectivity index (χ1v) is 10.1. The summed E-state index contributed by atoms with van der Waals surface area (Å²) in [7, 11) is 0. The lowest BCUT2D eigenvalue weighted by molar-refractivity contribution is -0.131. The van der Waals surface area contributed by atoms with E-state index in [1.807, 2.05) is 4.90 Å². The number of piperazine rings is 1. The van der Waals surface area contributed by atoms with Crippen LogP contribution in [0.3, 0.4) is 0 Å². The number of hydrogen-bond acceptors (Lipinski definition) is 6. The molecule has 9 nitrogen and oxygen atoms in total. The van der Waals surface area contributed by atoms with Gasteiger partial charge < -0.3 is 14.8 Å². The molecule has 5 rings (SSSR count). The van der Waals surface area contributed by atoms with Crippen molar-refractivity contribution in [2.75, 3.05) is 31.1 Å². The number of carbonyl (C=O) groups is 1. The molecule has 1 aliphatic heterocycles. The number of nitrogens with zero attached hydrogens (tertiary/aromatic N) is 6. The molecule has 0 bridgehead atoms. The number of benzene rings is 1. The second-order valence-electron chi connectivity index (χ2n) is 7.45. The lowest BCUT2D eigenvalue weighted by Gasteiger charge is -2.34. The number of H-pyrrole nitrogens is 1. The number of fused-ring (bicyclic) bond motifs is 3. The van der Waals surface area contributed by atoms with Gasteiger partial charge >= 0.3 is 0 Å². The van der Waals surface area contributed by atoms with Crippen LogP contribution in [0, 0.1) is 5.82 Å². The molecule has 1 amide bonds. The number of carbonyl (C=O) groups excluding carboxylic acids is 1. The monoisotopic (exact) mass is 421 g/mol. The SMILES string of the molecule is O=C(CCn1cnc2c([nH]c3ccc(F)cc32)c1=O)N1CCN(c2ncccn2)CC1. The zero-order chi connectivity index (χ0) is 21.4. The molecule has 0 atom stereocenters. The van der Waals surface area contributed by atoms with Crippen LogP contribution in [-0.2, 0) is 11.3 Å². The average Bonchev–Trinajstić information content (AvgIpc) is 3.18. The number of rotatable bonds is 4. The Balaban J connectivity index is 1.26. The number of nitrogens with one attached hydrogen (secondary N) is 1. The first-order chi connectivity index (χ1) is 15.1. The molecule has 4 aromatic rings. The van der Waals surface area contributed by atoms with Crippen molar-refractivity contribution < 1.29 is 9.18 Å². The summed E-state index contributed by atoms with van der Waals surface area (Å²) in [5.41, 5.74) is 1.11. The third kappa shape index (κ3) is 3.60. The highest BCUT2D eigenvalue weighted by molar-refractivity contribution is 6.04. The number of aryl methyl sites for hydroxylation is 1. The molecule has 1 aromatic carbocycles. The van der Waals surface area contributed by atoms with Gasteiger partial charge in [-0.2, -0.15) is 0 Å². The predicted octanol–water partition coefficient (Wildman–Crippen LogP) is 1.55. The van der Waals surface area contributed by atoms with E-state index in [4.69, 9.17) is 0 Å². The maximum Gasteiger partial charge on any atom is 0.277 e. The van der Waals surface area contributed by atoms with E-state index in [-0.39, 0.29) is 30.2 Å². The fraction of sp³-hybridized carbons (Fsp3) is 0.286. The van der Waals surface area contributed by atoms with Gasteiger partial charge in [-0.25, -0.2) is 19.3 Å². The Morgan fingerprint density at radius 3 is 2.65 bits per heavy atom. The predicted molar refractivity (Wildman–Crippen MR) is 113 cm³/mol. The zero-order valence-electron chi connectivity index (χ0n) is 16.7. The van der Waals surface area contributed by atoms with Crippen LogP contribution in [0.2, 0.25) is 0 Å². The van der Waals surface area contributed by atoms with Gasteiger partial charge in [-0.3, -0.25) is 14.2 Å². The lowest BCUT2D eigenvalue weighted by atomic mass is 10.2. The number of aromatic amines is 1. The van der Waals surface area contributed by atoms with E-state index in [9.17, 15) is 14.0 Å². The second kappa shape index (κ2) is 7.78. The van der Waals surface area contributed by atoms with Crippen molar-refractivity contribution in [2.45, 2.75) is 13.0 Å². The fourth-order valence-corrected chi connectivity index (χ4v) is 3.91. The number of hydrogen-bond donors (Lipinski definition) is 1. The maximum absolute atomic E-state index is 13.6. The average molecular weight is 421 g/mol. The summed E-state index contributed by atoms with van der Waals surface area (Å²) in [6.07, 6.45) is 5.02. The van der Waals surface area contributed by atoms with Gasteiger partial charge in [0.05, 0.1) is 6.33 Å². The summed E-state index contributed by atoms with van der Waals surface area (Å²) >= 11 is 0. The summed E-state index contributed by atoms with van der Waals surface area (Å²) in [5, 5.41) is 0.565. The summed E-state index contributed by atoms with van der Waals surface area (Å²) in [6, 6.07) is 6.04. The Morgan fingerprint density at radius 2 is 1.87 bits per heavy atom. The summed E-state index contributed by atoms with van der Waals surface area (Å²) in [6.45, 7) is 2.71. The molecule has 0 radical (unpaired) electrons. The molecule has 1 aliphatic rings. The van der Waals surface area contributed by atoms with Gasteiger partial charge in [-0.15, -0.1) is 0 Å². The van der Waals surface area contributed by atoms with E-state index >= 15 is 0 Å². The highest BCUT2D eigenvalue weighted by Gasteiger charge is 2.22. The number of anilines is 1. The van der Waals surface area contributed by atoms with Gasteiger partial charge in [0.25, 0.3) is 5.56 Å². The second-order valence-corrected chi connectivity index (χ2v) is 7.45. The molecule has 0 spiro atoms. The molecule has 1 saturated heterocycles. The molecule has 0 saturated carbocycles. The van der Waals surface area contributed by atoms with Gasteiger partial charge in [0.1, 0.15) is 16.9 Å². The van der Waals surface area contributed by atoms with E-state index in [0.717, 1.165) is 0 Å². The summed E-state index contributed by atoms with van der Waals surface area (Å²) in [5.74, 6) is 0.266. The number of halogens is 1. The van der Waals surface area contributed by atoms with Crippen LogP contribution in [0.1, 0.15) is 6.42 Å². The van der Waals surface area contributed by atoms with Crippen molar-refractivity contribution in [3.8, 4) is 0 Å². The highest BCUT2D eigenvalue weighted by Crippen LogP contribution is 2.22. The topological polar surface area (TPSA) is 100 Å². The molecule has 4 heterocycles. The molecule has 10 heteroatoms. The molecule has 0 unspecified atom stereocenters. The van der Waals surface area contributed by atoms with Crippen LogP contribution in [-0.4, -0.2) is 61.5 Å². The lowest BCUT2D eigenvalue weighted by Crippen LogP contribution is -2.49. The van der Waals surface area contributed by atoms with Crippen molar-refractivity contribution in [2.24, 2.45) is 0 Å². The van der Waals surface area contributed by atoms with Gasteiger partial charge in [-0.05, 0) is 24.3 Å². The number of amides is 1. The van der Waals surface area contributed by atoms with Crippen LogP contribution in [0.25, 0.3) is 21.9 Å². The Kier molecular flexibility index (Phi) is 4.81. The standard InChI is InChI=1S/C21H20FN7O2/c22-14-2-3-16-15(12-14)18-19(26-16)20(31)29(13-25-18)7-4-17(30)27-8-10-28(11-9-27)21-23-5-1-6-24-21/h1-3,5-6,12-13,26H,4,7-11H2. The molecule has 1 fully saturated rings. The van der Waals surface area contributed by atoms with Crippen molar-refractivity contribution >= 4 is 33.8 Å². The third-order valence-electron chi connectivity index (χ3n) is 5.57. The smallest absolute Gasteiger partial charge is 0.277 e. The minimum absolute atomic E-state index is 0.0145. The highest BCUT2D eigenvalue weighted by atomic mass is 19.1. The van der Waals surface area contributed by atoms with Crippen LogP contribution in [0.15, 0.2) is 47.8 Å². The molecular weight excluding hydrogens is 401 g/mol. The summed E-state index contributed by atoms with van der Waals surface area (Å²) in [4.78, 5) is 45.1. The number of aromatic nitrogens is 5. The Hall–Kier alpha value is -3.82. The minimum atomic E-state index is -0.385. The zero-order valence-corrected chi connectivity index (χ0v) is 16.7.